The van der Waals surface area contributed by atoms with Crippen molar-refractivity contribution >= 4 is 28.0 Å². The summed E-state index contributed by atoms with van der Waals surface area (Å²) in [5.74, 6) is -0.445. The number of nitriles is 1. The molecule has 1 aliphatic heterocycles. The number of piperidine rings is 1. The zero-order valence-corrected chi connectivity index (χ0v) is 13.5. The van der Waals surface area contributed by atoms with E-state index in [-0.39, 0.29) is 11.1 Å². The number of hydrogen-bond acceptors (Lipinski definition) is 6. The molecule has 1 aliphatic rings. The van der Waals surface area contributed by atoms with Crippen molar-refractivity contribution in [3.05, 3.63) is 10.4 Å². The minimum absolute atomic E-state index is 0.202. The molecule has 0 aliphatic carbocycles. The zero-order valence-electron chi connectivity index (χ0n) is 12.7. The Kier molecular flexibility index (Phi) is 4.43. The van der Waals surface area contributed by atoms with E-state index in [9.17, 15) is 10.1 Å². The number of thiophene rings is 1. The van der Waals surface area contributed by atoms with E-state index in [4.69, 9.17) is 10.5 Å². The Morgan fingerprint density at radius 3 is 2.86 bits per heavy atom. The van der Waals surface area contributed by atoms with Crippen LogP contribution in [0.25, 0.3) is 0 Å². The van der Waals surface area contributed by atoms with E-state index in [1.165, 1.54) is 11.3 Å². The second-order valence-corrected chi connectivity index (χ2v) is 7.05. The molecule has 0 spiro atoms. The first kappa shape index (κ1) is 15.6. The van der Waals surface area contributed by atoms with E-state index in [2.05, 4.69) is 24.8 Å². The third-order valence-electron chi connectivity index (χ3n) is 3.69. The monoisotopic (exact) mass is 307 g/mol. The van der Waals surface area contributed by atoms with E-state index in [1.54, 1.807) is 6.92 Å². The molecule has 2 heterocycles. The Balaban J connectivity index is 2.38. The lowest BCUT2D eigenvalue weighted by Gasteiger charge is -2.38. The van der Waals surface area contributed by atoms with Crippen LogP contribution in [0.1, 0.15) is 48.8 Å². The maximum atomic E-state index is 11.9. The maximum Gasteiger partial charge on any atom is 0.350 e. The number of ether oxygens (including phenoxy) is 1. The highest BCUT2D eigenvalue weighted by Crippen LogP contribution is 2.41. The van der Waals surface area contributed by atoms with Gasteiger partial charge in [0.1, 0.15) is 21.5 Å². The zero-order chi connectivity index (χ0) is 15.6. The molecule has 0 bridgehead atoms. The van der Waals surface area contributed by atoms with Crippen molar-refractivity contribution in [1.82, 2.24) is 0 Å². The van der Waals surface area contributed by atoms with Crippen LogP contribution in [0.4, 0.5) is 10.7 Å². The third kappa shape index (κ3) is 3.13. The van der Waals surface area contributed by atoms with Crippen LogP contribution < -0.4 is 10.6 Å². The molecule has 21 heavy (non-hydrogen) atoms. The number of anilines is 2. The van der Waals surface area contributed by atoms with Gasteiger partial charge in [0.15, 0.2) is 0 Å². The molecule has 1 fully saturated rings. The van der Waals surface area contributed by atoms with Gasteiger partial charge in [-0.2, -0.15) is 5.26 Å². The highest BCUT2D eigenvalue weighted by atomic mass is 32.1. The summed E-state index contributed by atoms with van der Waals surface area (Å²) in [6, 6.07) is 2.14. The molecular weight excluding hydrogens is 286 g/mol. The number of rotatable bonds is 3. The molecule has 0 aromatic carbocycles. The summed E-state index contributed by atoms with van der Waals surface area (Å²) in [5.41, 5.74) is 6.84. The minimum atomic E-state index is -0.445. The number of nitrogens with zero attached hydrogens (tertiary/aromatic N) is 2. The first-order chi connectivity index (χ1) is 9.89. The molecule has 5 nitrogen and oxygen atoms in total. The van der Waals surface area contributed by atoms with E-state index in [0.29, 0.717) is 17.0 Å². The Labute approximate surface area is 129 Å². The number of hydrogen-bond donors (Lipinski definition) is 1. The summed E-state index contributed by atoms with van der Waals surface area (Å²) in [4.78, 5) is 14.4. The predicted molar refractivity (Wildman–Crippen MR) is 84.6 cm³/mol. The second kappa shape index (κ2) is 5.94. The van der Waals surface area contributed by atoms with Gasteiger partial charge in [-0.1, -0.05) is 13.8 Å². The van der Waals surface area contributed by atoms with Crippen LogP contribution in [0.2, 0.25) is 0 Å². The topological polar surface area (TPSA) is 79.3 Å². The first-order valence-corrected chi connectivity index (χ1v) is 7.95. The van der Waals surface area contributed by atoms with Crippen LogP contribution in [0.3, 0.4) is 0 Å². The molecule has 1 aromatic rings. The summed E-state index contributed by atoms with van der Waals surface area (Å²) in [6.45, 7) is 8.23. The van der Waals surface area contributed by atoms with Gasteiger partial charge in [-0.05, 0) is 25.2 Å². The average Bonchev–Trinajstić information content (AvgIpc) is 2.75. The molecule has 0 atom stereocenters. The summed E-state index contributed by atoms with van der Waals surface area (Å²) >= 11 is 1.27. The molecule has 2 N–H and O–H groups in total. The standard InChI is InChI=1S/C15H21N3O2S/c1-4-20-14(19)12-11(17)10(8-16)13(21-12)18-7-5-6-15(2,3)9-18/h4-7,9,17H2,1-3H3. The maximum absolute atomic E-state index is 11.9. The van der Waals surface area contributed by atoms with Crippen molar-refractivity contribution < 1.29 is 9.53 Å². The van der Waals surface area contributed by atoms with E-state index in [0.717, 1.165) is 30.9 Å². The van der Waals surface area contributed by atoms with Crippen molar-refractivity contribution in [2.24, 2.45) is 5.41 Å². The highest BCUT2D eigenvalue weighted by molar-refractivity contribution is 7.18. The van der Waals surface area contributed by atoms with Gasteiger partial charge in [-0.3, -0.25) is 0 Å². The number of carbonyl (C=O) groups is 1. The van der Waals surface area contributed by atoms with Gasteiger partial charge in [-0.15, -0.1) is 11.3 Å². The molecule has 6 heteroatoms. The number of nitrogens with two attached hydrogens (primary N) is 1. The van der Waals surface area contributed by atoms with Crippen molar-refractivity contribution in [3.8, 4) is 6.07 Å². The smallest absolute Gasteiger partial charge is 0.350 e. The number of nitrogen functional groups attached to an aromatic ring is 1. The largest absolute Gasteiger partial charge is 0.462 e. The van der Waals surface area contributed by atoms with Crippen molar-refractivity contribution in [3.63, 3.8) is 0 Å². The van der Waals surface area contributed by atoms with Crippen LogP contribution in [-0.2, 0) is 4.74 Å². The SMILES string of the molecule is CCOC(=O)c1sc(N2CCCC(C)(C)C2)c(C#N)c1N. The van der Waals surface area contributed by atoms with Gasteiger partial charge in [0, 0.05) is 13.1 Å². The fraction of sp³-hybridized carbons (Fsp3) is 0.600. The van der Waals surface area contributed by atoms with E-state index < -0.39 is 5.97 Å². The van der Waals surface area contributed by atoms with Crippen molar-refractivity contribution in [2.45, 2.75) is 33.6 Å². The van der Waals surface area contributed by atoms with Crippen molar-refractivity contribution in [2.75, 3.05) is 30.3 Å². The van der Waals surface area contributed by atoms with Crippen LogP contribution in [0.15, 0.2) is 0 Å². The highest BCUT2D eigenvalue weighted by Gasteiger charge is 2.31. The summed E-state index contributed by atoms with van der Waals surface area (Å²) < 4.78 is 5.01. The van der Waals surface area contributed by atoms with Gasteiger partial charge in [0.05, 0.1) is 12.3 Å². The molecule has 0 unspecified atom stereocenters. The van der Waals surface area contributed by atoms with Gasteiger partial charge in [-0.25, -0.2) is 4.79 Å². The summed E-state index contributed by atoms with van der Waals surface area (Å²) in [7, 11) is 0. The number of esters is 1. The fourth-order valence-corrected chi connectivity index (χ4v) is 3.80. The van der Waals surface area contributed by atoms with Crippen molar-refractivity contribution in [1.29, 1.82) is 5.26 Å². The molecule has 0 saturated carbocycles. The summed E-state index contributed by atoms with van der Waals surface area (Å²) in [5, 5.41) is 10.2. The van der Waals surface area contributed by atoms with Crippen LogP contribution in [0, 0.1) is 16.7 Å². The molecule has 114 valence electrons. The first-order valence-electron chi connectivity index (χ1n) is 7.14. The molecule has 1 aromatic heterocycles. The van der Waals surface area contributed by atoms with Crippen LogP contribution in [0.5, 0.6) is 0 Å². The Hall–Kier alpha value is -1.74. The summed E-state index contributed by atoms with van der Waals surface area (Å²) in [6.07, 6.45) is 2.24. The lowest BCUT2D eigenvalue weighted by molar-refractivity contribution is 0.0533. The van der Waals surface area contributed by atoms with E-state index in [1.807, 2.05) is 0 Å². The number of carbonyl (C=O) groups excluding carboxylic acids is 1. The van der Waals surface area contributed by atoms with Crippen LogP contribution in [-0.4, -0.2) is 25.7 Å². The molecule has 0 amide bonds. The Morgan fingerprint density at radius 1 is 1.57 bits per heavy atom. The van der Waals surface area contributed by atoms with E-state index >= 15 is 0 Å². The quantitative estimate of drug-likeness (QED) is 0.868. The molecule has 2 rings (SSSR count). The Bertz CT molecular complexity index is 586. The fourth-order valence-electron chi connectivity index (χ4n) is 2.71. The minimum Gasteiger partial charge on any atom is -0.462 e. The molecular formula is C15H21N3O2S. The lowest BCUT2D eigenvalue weighted by atomic mass is 9.84. The third-order valence-corrected chi connectivity index (χ3v) is 4.93. The van der Waals surface area contributed by atoms with Gasteiger partial charge < -0.3 is 15.4 Å². The van der Waals surface area contributed by atoms with Gasteiger partial charge in [0.25, 0.3) is 0 Å². The average molecular weight is 307 g/mol. The van der Waals surface area contributed by atoms with Crippen LogP contribution >= 0.6 is 11.3 Å². The molecule has 0 radical (unpaired) electrons. The normalized spacial score (nSPS) is 17.3. The Morgan fingerprint density at radius 2 is 2.29 bits per heavy atom. The molecule has 1 saturated heterocycles. The van der Waals surface area contributed by atoms with Gasteiger partial charge in [0.2, 0.25) is 0 Å². The predicted octanol–water partition coefficient (Wildman–Crippen LogP) is 3.01. The second-order valence-electron chi connectivity index (χ2n) is 6.05. The lowest BCUT2D eigenvalue weighted by Crippen LogP contribution is -2.40. The van der Waals surface area contributed by atoms with Gasteiger partial charge >= 0.3 is 5.97 Å².